The number of likely N-dealkylation sites (tertiary alicyclic amines) is 2. The van der Waals surface area contributed by atoms with E-state index in [2.05, 4.69) is 22.2 Å². The van der Waals surface area contributed by atoms with Gasteiger partial charge in [-0.25, -0.2) is 9.78 Å². The third-order valence-corrected chi connectivity index (χ3v) is 6.13. The van der Waals surface area contributed by atoms with Gasteiger partial charge in [0.05, 0.1) is 10.7 Å². The molecule has 0 saturated carbocycles. The standard InChI is InChI=1S/C17H22N4OS.C2HF3O2/c1-12-18-15(11-23-12)10-20-6-13-8-21(9-14(13)7-20)17(22)16-4-3-5-19(16)2;3-2(4,5)1(6)7/h3-5,11,13-14H,6-10H2,1-2H3;(H,6,7)/t13-,14+;. The Morgan fingerprint density at radius 1 is 1.23 bits per heavy atom. The minimum absolute atomic E-state index is 0.175. The number of aliphatic carboxylic acids is 1. The summed E-state index contributed by atoms with van der Waals surface area (Å²) in [5, 5.41) is 10.4. The first-order valence-electron chi connectivity index (χ1n) is 9.38. The van der Waals surface area contributed by atoms with Crippen LogP contribution in [0, 0.1) is 18.8 Å². The van der Waals surface area contributed by atoms with Gasteiger partial charge in [-0.2, -0.15) is 13.2 Å². The van der Waals surface area contributed by atoms with Crippen LogP contribution in [0.4, 0.5) is 13.2 Å². The van der Waals surface area contributed by atoms with E-state index in [0.29, 0.717) is 11.8 Å². The molecule has 4 heterocycles. The summed E-state index contributed by atoms with van der Waals surface area (Å²) in [6.07, 6.45) is -3.15. The van der Waals surface area contributed by atoms with Crippen molar-refractivity contribution >= 4 is 23.2 Å². The number of fused-ring (bicyclic) bond motifs is 1. The number of halogens is 3. The lowest BCUT2D eigenvalue weighted by Crippen LogP contribution is -2.34. The van der Waals surface area contributed by atoms with Crippen molar-refractivity contribution in [2.45, 2.75) is 19.6 Å². The lowest BCUT2D eigenvalue weighted by molar-refractivity contribution is -0.192. The topological polar surface area (TPSA) is 78.7 Å². The van der Waals surface area contributed by atoms with Crippen LogP contribution in [0.3, 0.4) is 0 Å². The molecule has 30 heavy (non-hydrogen) atoms. The Balaban J connectivity index is 0.000000318. The highest BCUT2D eigenvalue weighted by Gasteiger charge is 2.42. The average molecular weight is 444 g/mol. The molecule has 0 aromatic carbocycles. The van der Waals surface area contributed by atoms with Crippen LogP contribution in [0.2, 0.25) is 0 Å². The van der Waals surface area contributed by atoms with Crippen molar-refractivity contribution in [3.05, 3.63) is 40.1 Å². The van der Waals surface area contributed by atoms with Gasteiger partial charge in [0.15, 0.2) is 0 Å². The maximum absolute atomic E-state index is 12.6. The Morgan fingerprint density at radius 3 is 2.27 bits per heavy atom. The average Bonchev–Trinajstić information content (AvgIpc) is 3.39. The molecule has 2 aromatic heterocycles. The second kappa shape index (κ2) is 8.76. The molecule has 2 aromatic rings. The van der Waals surface area contributed by atoms with Crippen molar-refractivity contribution in [3.63, 3.8) is 0 Å². The molecular weight excluding hydrogens is 421 g/mol. The molecule has 0 radical (unpaired) electrons. The quantitative estimate of drug-likeness (QED) is 0.788. The molecule has 1 N–H and O–H groups in total. The SMILES string of the molecule is Cc1nc(CN2C[C@@H]3CN(C(=O)c4cccn4C)C[C@@H]3C2)cs1.O=C(O)C(F)(F)F. The molecule has 0 aliphatic carbocycles. The normalized spacial score (nSPS) is 21.3. The summed E-state index contributed by atoms with van der Waals surface area (Å²) in [4.78, 5) is 30.6. The lowest BCUT2D eigenvalue weighted by atomic mass is 10.0. The zero-order chi connectivity index (χ0) is 22.1. The fourth-order valence-corrected chi connectivity index (χ4v) is 4.54. The van der Waals surface area contributed by atoms with Crippen molar-refractivity contribution in [2.75, 3.05) is 26.2 Å². The van der Waals surface area contributed by atoms with Crippen LogP contribution < -0.4 is 0 Å². The van der Waals surface area contributed by atoms with Crippen LogP contribution in [0.5, 0.6) is 0 Å². The second-order valence-corrected chi connectivity index (χ2v) is 8.65. The maximum atomic E-state index is 12.6. The molecule has 2 aliphatic rings. The van der Waals surface area contributed by atoms with Crippen LogP contribution in [0.25, 0.3) is 0 Å². The van der Waals surface area contributed by atoms with Gasteiger partial charge in [0, 0.05) is 51.3 Å². The first kappa shape index (κ1) is 22.3. The summed E-state index contributed by atoms with van der Waals surface area (Å²) in [5.74, 6) is -1.36. The third-order valence-electron chi connectivity index (χ3n) is 5.31. The molecule has 7 nitrogen and oxygen atoms in total. The van der Waals surface area contributed by atoms with E-state index in [1.807, 2.05) is 34.8 Å². The fraction of sp³-hybridized carbons (Fsp3) is 0.526. The number of aromatic nitrogens is 2. The first-order valence-corrected chi connectivity index (χ1v) is 10.3. The van der Waals surface area contributed by atoms with E-state index >= 15 is 0 Å². The van der Waals surface area contributed by atoms with Gasteiger partial charge in [0.1, 0.15) is 5.69 Å². The van der Waals surface area contributed by atoms with E-state index < -0.39 is 12.1 Å². The van der Waals surface area contributed by atoms with Gasteiger partial charge < -0.3 is 14.6 Å². The number of hydrogen-bond acceptors (Lipinski definition) is 5. The van der Waals surface area contributed by atoms with Gasteiger partial charge in [-0.05, 0) is 30.9 Å². The largest absolute Gasteiger partial charge is 0.490 e. The summed E-state index contributed by atoms with van der Waals surface area (Å²) < 4.78 is 33.6. The van der Waals surface area contributed by atoms with E-state index in [-0.39, 0.29) is 5.91 Å². The van der Waals surface area contributed by atoms with Gasteiger partial charge in [0.2, 0.25) is 0 Å². The molecule has 0 spiro atoms. The number of aryl methyl sites for hydroxylation is 2. The van der Waals surface area contributed by atoms with Crippen LogP contribution in [-0.2, 0) is 18.4 Å². The van der Waals surface area contributed by atoms with Crippen LogP contribution in [0.15, 0.2) is 23.7 Å². The Hall–Kier alpha value is -2.40. The van der Waals surface area contributed by atoms with Gasteiger partial charge in [-0.3, -0.25) is 9.69 Å². The van der Waals surface area contributed by atoms with E-state index in [1.54, 1.807) is 11.3 Å². The Morgan fingerprint density at radius 2 is 1.83 bits per heavy atom. The number of thiazole rings is 1. The van der Waals surface area contributed by atoms with Crippen molar-refractivity contribution in [2.24, 2.45) is 18.9 Å². The number of hydrogen-bond donors (Lipinski definition) is 1. The van der Waals surface area contributed by atoms with Gasteiger partial charge in [0.25, 0.3) is 5.91 Å². The summed E-state index contributed by atoms with van der Waals surface area (Å²) in [5.41, 5.74) is 1.98. The molecule has 2 atom stereocenters. The number of rotatable bonds is 3. The number of amides is 1. The van der Waals surface area contributed by atoms with Crippen molar-refractivity contribution in [3.8, 4) is 0 Å². The number of alkyl halides is 3. The molecule has 11 heteroatoms. The molecule has 2 aliphatic heterocycles. The van der Waals surface area contributed by atoms with Gasteiger partial charge >= 0.3 is 12.1 Å². The Kier molecular flexibility index (Phi) is 6.51. The highest BCUT2D eigenvalue weighted by Crippen LogP contribution is 2.32. The summed E-state index contributed by atoms with van der Waals surface area (Å²) in [6.45, 7) is 6.95. The molecule has 2 saturated heterocycles. The molecule has 0 unspecified atom stereocenters. The number of carbonyl (C=O) groups is 2. The van der Waals surface area contributed by atoms with E-state index in [0.717, 1.165) is 43.4 Å². The van der Waals surface area contributed by atoms with Crippen molar-refractivity contribution in [1.82, 2.24) is 19.4 Å². The smallest absolute Gasteiger partial charge is 0.475 e. The molecule has 1 amide bonds. The van der Waals surface area contributed by atoms with Gasteiger partial charge in [-0.1, -0.05) is 0 Å². The third kappa shape index (κ3) is 5.20. The number of carboxylic acid groups (broad SMARTS) is 1. The first-order chi connectivity index (χ1) is 14.0. The predicted molar refractivity (Wildman–Crippen MR) is 104 cm³/mol. The maximum Gasteiger partial charge on any atom is 0.490 e. The highest BCUT2D eigenvalue weighted by molar-refractivity contribution is 7.09. The van der Waals surface area contributed by atoms with Crippen molar-refractivity contribution in [1.29, 1.82) is 0 Å². The summed E-state index contributed by atoms with van der Waals surface area (Å²) in [6, 6.07) is 3.84. The monoisotopic (exact) mass is 444 g/mol. The van der Waals surface area contributed by atoms with Crippen LogP contribution in [0.1, 0.15) is 21.2 Å². The zero-order valence-electron chi connectivity index (χ0n) is 16.6. The van der Waals surface area contributed by atoms with Crippen LogP contribution >= 0.6 is 11.3 Å². The molecule has 0 bridgehead atoms. The van der Waals surface area contributed by atoms with Crippen LogP contribution in [-0.4, -0.2) is 68.7 Å². The Bertz CT molecular complexity index is 897. The lowest BCUT2D eigenvalue weighted by Gasteiger charge is -2.21. The molecule has 164 valence electrons. The zero-order valence-corrected chi connectivity index (χ0v) is 17.4. The number of carboxylic acids is 1. The highest BCUT2D eigenvalue weighted by atomic mass is 32.1. The van der Waals surface area contributed by atoms with Crippen molar-refractivity contribution < 1.29 is 27.9 Å². The van der Waals surface area contributed by atoms with E-state index in [4.69, 9.17) is 9.90 Å². The van der Waals surface area contributed by atoms with E-state index in [1.165, 1.54) is 5.69 Å². The second-order valence-electron chi connectivity index (χ2n) is 7.59. The van der Waals surface area contributed by atoms with Gasteiger partial charge in [-0.15, -0.1) is 11.3 Å². The fourth-order valence-electron chi connectivity index (χ4n) is 3.94. The summed E-state index contributed by atoms with van der Waals surface area (Å²) in [7, 11) is 1.93. The molecule has 4 rings (SSSR count). The summed E-state index contributed by atoms with van der Waals surface area (Å²) >= 11 is 1.72. The molecular formula is C19H23F3N4O3S. The minimum Gasteiger partial charge on any atom is -0.475 e. The predicted octanol–water partition coefficient (Wildman–Crippen LogP) is 2.63. The number of nitrogens with zero attached hydrogens (tertiary/aromatic N) is 4. The molecule has 2 fully saturated rings. The minimum atomic E-state index is -5.08. The Labute approximate surface area is 175 Å². The van der Waals surface area contributed by atoms with E-state index in [9.17, 15) is 18.0 Å². The number of carbonyl (C=O) groups excluding carboxylic acids is 1.